The molecule has 0 aliphatic carbocycles. The number of fused-ring (bicyclic) bond motifs is 6. The molecule has 0 radical (unpaired) electrons. The van der Waals surface area contributed by atoms with Gasteiger partial charge >= 0.3 is 0 Å². The first-order chi connectivity index (χ1) is 24.8. The molecule has 7 aromatic carbocycles. The molecule has 0 N–H and O–H groups in total. The smallest absolute Gasteiger partial charge is 0.164 e. The SMILES string of the molecule is c1ccc(-c2nc(-c3ccccc3)nc(-c3ccc(-c4ccc5c(c4)sc4ccccc45)cc3-c3cccc4sc5ccccc5c34)n2)cc1. The molecule has 0 bridgehead atoms. The van der Waals surface area contributed by atoms with Crippen LogP contribution in [-0.2, 0) is 0 Å². The molecule has 10 rings (SSSR count). The predicted molar refractivity (Wildman–Crippen MR) is 213 cm³/mol. The molecule has 50 heavy (non-hydrogen) atoms. The molecule has 0 aliphatic heterocycles. The third-order valence-electron chi connectivity index (χ3n) is 9.36. The molecule has 0 aliphatic rings. The van der Waals surface area contributed by atoms with Gasteiger partial charge in [-0.3, -0.25) is 0 Å². The molecule has 0 spiro atoms. The number of aromatic nitrogens is 3. The second kappa shape index (κ2) is 11.8. The predicted octanol–water partition coefficient (Wildman–Crippen LogP) is 12.9. The van der Waals surface area contributed by atoms with Crippen molar-refractivity contribution in [2.24, 2.45) is 0 Å². The summed E-state index contributed by atoms with van der Waals surface area (Å²) in [6.07, 6.45) is 0. The van der Waals surface area contributed by atoms with Crippen LogP contribution < -0.4 is 0 Å². The number of hydrogen-bond donors (Lipinski definition) is 0. The first kappa shape index (κ1) is 29.0. The van der Waals surface area contributed by atoms with E-state index < -0.39 is 0 Å². The first-order valence-electron chi connectivity index (χ1n) is 16.6. The Morgan fingerprint density at radius 1 is 0.300 bits per heavy atom. The Kier molecular flexibility index (Phi) is 6.86. The Bertz CT molecular complexity index is 2810. The molecule has 5 heteroatoms. The molecular weight excluding hydrogens is 647 g/mol. The maximum Gasteiger partial charge on any atom is 0.164 e. The average Bonchev–Trinajstić information content (AvgIpc) is 3.76. The monoisotopic (exact) mass is 673 g/mol. The van der Waals surface area contributed by atoms with Gasteiger partial charge in [-0.1, -0.05) is 127 Å². The highest BCUT2D eigenvalue weighted by atomic mass is 32.1. The van der Waals surface area contributed by atoms with Gasteiger partial charge in [0.2, 0.25) is 0 Å². The van der Waals surface area contributed by atoms with Crippen molar-refractivity contribution in [3.63, 3.8) is 0 Å². The minimum atomic E-state index is 0.649. The number of benzene rings is 7. The van der Waals surface area contributed by atoms with Crippen molar-refractivity contribution in [2.75, 3.05) is 0 Å². The van der Waals surface area contributed by atoms with Crippen molar-refractivity contribution in [1.29, 1.82) is 0 Å². The third-order valence-corrected chi connectivity index (χ3v) is 11.6. The first-order valence-corrected chi connectivity index (χ1v) is 18.2. The van der Waals surface area contributed by atoms with E-state index in [1.165, 1.54) is 51.5 Å². The molecule has 3 heterocycles. The molecule has 0 unspecified atom stereocenters. The summed E-state index contributed by atoms with van der Waals surface area (Å²) < 4.78 is 5.14. The fourth-order valence-electron chi connectivity index (χ4n) is 6.98. The molecule has 0 saturated heterocycles. The van der Waals surface area contributed by atoms with Gasteiger partial charge in [-0.05, 0) is 58.7 Å². The van der Waals surface area contributed by atoms with Crippen molar-refractivity contribution < 1.29 is 0 Å². The summed E-state index contributed by atoms with van der Waals surface area (Å²) in [7, 11) is 0. The van der Waals surface area contributed by atoms with Gasteiger partial charge in [0, 0.05) is 57.0 Å². The maximum absolute atomic E-state index is 5.17. The van der Waals surface area contributed by atoms with Crippen LogP contribution >= 0.6 is 22.7 Å². The Morgan fingerprint density at radius 2 is 0.840 bits per heavy atom. The molecule has 3 aromatic heterocycles. The van der Waals surface area contributed by atoms with E-state index >= 15 is 0 Å². The van der Waals surface area contributed by atoms with Crippen LogP contribution in [0.3, 0.4) is 0 Å². The fourth-order valence-corrected chi connectivity index (χ4v) is 9.25. The van der Waals surface area contributed by atoms with Gasteiger partial charge in [0.05, 0.1) is 0 Å². The second-order valence-corrected chi connectivity index (χ2v) is 14.6. The zero-order valence-electron chi connectivity index (χ0n) is 26.7. The summed E-state index contributed by atoms with van der Waals surface area (Å²) in [5.41, 5.74) is 7.48. The lowest BCUT2D eigenvalue weighted by Crippen LogP contribution is -2.01. The van der Waals surface area contributed by atoms with Gasteiger partial charge < -0.3 is 0 Å². The van der Waals surface area contributed by atoms with Crippen LogP contribution in [0.2, 0.25) is 0 Å². The minimum Gasteiger partial charge on any atom is -0.208 e. The van der Waals surface area contributed by atoms with E-state index in [2.05, 4.69) is 127 Å². The second-order valence-electron chi connectivity index (χ2n) is 12.4. The van der Waals surface area contributed by atoms with Gasteiger partial charge in [-0.15, -0.1) is 22.7 Å². The highest BCUT2D eigenvalue weighted by molar-refractivity contribution is 7.26. The van der Waals surface area contributed by atoms with E-state index in [1.54, 1.807) is 0 Å². The summed E-state index contributed by atoms with van der Waals surface area (Å²) in [6, 6.07) is 58.0. The van der Waals surface area contributed by atoms with E-state index in [4.69, 9.17) is 15.0 Å². The highest BCUT2D eigenvalue weighted by Gasteiger charge is 2.20. The van der Waals surface area contributed by atoms with Crippen LogP contribution in [0.4, 0.5) is 0 Å². The summed E-state index contributed by atoms with van der Waals surface area (Å²) in [6.45, 7) is 0. The molecule has 10 aromatic rings. The van der Waals surface area contributed by atoms with Gasteiger partial charge in [0.1, 0.15) is 0 Å². The van der Waals surface area contributed by atoms with E-state index in [0.29, 0.717) is 17.5 Å². The van der Waals surface area contributed by atoms with Crippen molar-refractivity contribution >= 4 is 63.0 Å². The quantitative estimate of drug-likeness (QED) is 0.182. The zero-order valence-corrected chi connectivity index (χ0v) is 28.4. The van der Waals surface area contributed by atoms with Crippen LogP contribution in [0.15, 0.2) is 164 Å². The number of rotatable bonds is 5. The van der Waals surface area contributed by atoms with E-state index in [0.717, 1.165) is 27.8 Å². The lowest BCUT2D eigenvalue weighted by Gasteiger charge is -2.15. The fraction of sp³-hybridized carbons (Fsp3) is 0. The molecule has 3 nitrogen and oxygen atoms in total. The minimum absolute atomic E-state index is 0.649. The van der Waals surface area contributed by atoms with Crippen LogP contribution in [0.1, 0.15) is 0 Å². The molecule has 234 valence electrons. The van der Waals surface area contributed by atoms with Crippen molar-refractivity contribution in [2.45, 2.75) is 0 Å². The average molecular weight is 674 g/mol. The summed E-state index contributed by atoms with van der Waals surface area (Å²) >= 11 is 3.68. The van der Waals surface area contributed by atoms with Crippen molar-refractivity contribution in [1.82, 2.24) is 15.0 Å². The topological polar surface area (TPSA) is 38.7 Å². The number of nitrogens with zero attached hydrogens (tertiary/aromatic N) is 3. The number of thiophene rings is 2. The molecule has 0 saturated carbocycles. The van der Waals surface area contributed by atoms with Gasteiger partial charge in [-0.2, -0.15) is 0 Å². The summed E-state index contributed by atoms with van der Waals surface area (Å²) in [5.74, 6) is 1.95. The van der Waals surface area contributed by atoms with Crippen molar-refractivity contribution in [3.05, 3.63) is 164 Å². The van der Waals surface area contributed by atoms with Crippen LogP contribution in [0, 0.1) is 0 Å². The number of hydrogen-bond acceptors (Lipinski definition) is 5. The Morgan fingerprint density at radius 3 is 1.58 bits per heavy atom. The normalized spacial score (nSPS) is 11.6. The lowest BCUT2D eigenvalue weighted by atomic mass is 9.91. The van der Waals surface area contributed by atoms with Crippen LogP contribution in [-0.4, -0.2) is 15.0 Å². The lowest BCUT2D eigenvalue weighted by molar-refractivity contribution is 1.07. The summed E-state index contributed by atoms with van der Waals surface area (Å²) in [5, 5.41) is 5.13. The van der Waals surface area contributed by atoms with E-state index in [1.807, 2.05) is 59.1 Å². The van der Waals surface area contributed by atoms with E-state index in [9.17, 15) is 0 Å². The molecule has 0 fully saturated rings. The van der Waals surface area contributed by atoms with E-state index in [-0.39, 0.29) is 0 Å². The van der Waals surface area contributed by atoms with Gasteiger partial charge in [0.15, 0.2) is 17.5 Å². The summed E-state index contributed by atoms with van der Waals surface area (Å²) in [4.78, 5) is 15.3. The highest BCUT2D eigenvalue weighted by Crippen LogP contribution is 2.44. The molecule has 0 atom stereocenters. The Hall–Kier alpha value is -6.01. The van der Waals surface area contributed by atoms with Crippen molar-refractivity contribution in [3.8, 4) is 56.4 Å². The molecular formula is C45H27N3S2. The van der Waals surface area contributed by atoms with Crippen LogP contribution in [0.25, 0.3) is 96.8 Å². The Labute approximate surface area is 296 Å². The maximum atomic E-state index is 5.17. The zero-order chi connectivity index (χ0) is 33.0. The molecule has 0 amide bonds. The van der Waals surface area contributed by atoms with Crippen LogP contribution in [0.5, 0.6) is 0 Å². The standard InChI is InChI=1S/C45H27N3S2/c1-3-12-28(13-4-1)43-46-44(29-14-5-2-6-15-29)48-45(47-43)35-25-23-30(31-22-24-33-32-16-7-9-19-38(32)50-41(33)27-31)26-37(35)34-18-11-21-40-42(34)36-17-8-10-20-39(36)49-40/h1-27H. The van der Waals surface area contributed by atoms with Gasteiger partial charge in [0.25, 0.3) is 0 Å². The largest absolute Gasteiger partial charge is 0.208 e. The third kappa shape index (κ3) is 4.90. The Balaban J connectivity index is 1.24. The van der Waals surface area contributed by atoms with Gasteiger partial charge in [-0.25, -0.2) is 15.0 Å².